The van der Waals surface area contributed by atoms with Crippen molar-refractivity contribution in [3.05, 3.63) is 64.5 Å². The zero-order chi connectivity index (χ0) is 19.3. The number of benzene rings is 1. The first-order valence-corrected chi connectivity index (χ1v) is 8.04. The number of hydrogen-bond donors (Lipinski definition) is 1. The molecule has 0 fully saturated rings. The Kier molecular flexibility index (Phi) is 3.76. The number of aromatic nitrogens is 2. The number of aryl methyl sites for hydroxylation is 1. The van der Waals surface area contributed by atoms with E-state index in [-0.39, 0.29) is 34.4 Å². The molecule has 136 valence electrons. The molecule has 0 aliphatic carbocycles. The van der Waals surface area contributed by atoms with Gasteiger partial charge in [-0.3, -0.25) is 4.79 Å². The zero-order valence-corrected chi connectivity index (χ0v) is 14.5. The fourth-order valence-electron chi connectivity index (χ4n) is 2.97. The summed E-state index contributed by atoms with van der Waals surface area (Å²) in [6.45, 7) is 1.77. The number of rotatable bonds is 2. The molecule has 1 aliphatic heterocycles. The van der Waals surface area contributed by atoms with Crippen LogP contribution in [0.25, 0.3) is 23.2 Å². The Bertz CT molecular complexity index is 1120. The lowest BCUT2D eigenvalue weighted by molar-refractivity contribution is 0.0875. The standard InChI is InChI=1S/C19H14F2N4O2/c1-9-3-6-14(27-9)17-15-16(23-19(22)24-17)13(25(2)18(15)26)7-10-4-5-11(20)8-12(10)21/h3-8H,1-2H3,(H2,22,23,24). The lowest BCUT2D eigenvalue weighted by Gasteiger charge is -2.10. The van der Waals surface area contributed by atoms with Crippen LogP contribution in [0.15, 0.2) is 34.7 Å². The van der Waals surface area contributed by atoms with Crippen molar-refractivity contribution in [2.75, 3.05) is 12.8 Å². The van der Waals surface area contributed by atoms with Crippen LogP contribution < -0.4 is 5.73 Å². The monoisotopic (exact) mass is 368 g/mol. The lowest BCUT2D eigenvalue weighted by Crippen LogP contribution is -2.17. The Labute approximate surface area is 153 Å². The maximum atomic E-state index is 14.1. The van der Waals surface area contributed by atoms with Crippen LogP contribution in [-0.4, -0.2) is 27.8 Å². The molecule has 1 aliphatic rings. The quantitative estimate of drug-likeness (QED) is 0.748. The Hall–Kier alpha value is -3.55. The summed E-state index contributed by atoms with van der Waals surface area (Å²) in [4.78, 5) is 22.5. The van der Waals surface area contributed by atoms with E-state index in [4.69, 9.17) is 10.2 Å². The van der Waals surface area contributed by atoms with Crippen LogP contribution in [-0.2, 0) is 0 Å². The van der Waals surface area contributed by atoms with E-state index in [1.165, 1.54) is 24.1 Å². The molecule has 0 radical (unpaired) electrons. The van der Waals surface area contributed by atoms with Gasteiger partial charge in [0.1, 0.15) is 28.8 Å². The van der Waals surface area contributed by atoms with E-state index >= 15 is 0 Å². The van der Waals surface area contributed by atoms with Crippen LogP contribution in [0.1, 0.15) is 27.4 Å². The van der Waals surface area contributed by atoms with E-state index in [1.807, 2.05) is 0 Å². The highest BCUT2D eigenvalue weighted by molar-refractivity contribution is 6.14. The Balaban J connectivity index is 1.94. The third kappa shape index (κ3) is 2.75. The van der Waals surface area contributed by atoms with Crippen molar-refractivity contribution < 1.29 is 18.0 Å². The van der Waals surface area contributed by atoms with E-state index in [2.05, 4.69) is 9.97 Å². The predicted molar refractivity (Wildman–Crippen MR) is 95.2 cm³/mol. The van der Waals surface area contributed by atoms with Crippen LogP contribution in [0, 0.1) is 18.6 Å². The molecule has 6 nitrogen and oxygen atoms in total. The minimum atomic E-state index is -0.749. The highest BCUT2D eigenvalue weighted by Gasteiger charge is 2.36. The number of carbonyl (C=O) groups is 1. The van der Waals surface area contributed by atoms with Gasteiger partial charge in [0, 0.05) is 18.7 Å². The van der Waals surface area contributed by atoms with Gasteiger partial charge in [0.15, 0.2) is 5.76 Å². The van der Waals surface area contributed by atoms with Gasteiger partial charge < -0.3 is 15.1 Å². The first kappa shape index (κ1) is 16.9. The number of nitrogens with zero attached hydrogens (tertiary/aromatic N) is 3. The molecule has 27 heavy (non-hydrogen) atoms. The normalized spacial score (nSPS) is 14.9. The highest BCUT2D eigenvalue weighted by Crippen LogP contribution is 2.38. The maximum absolute atomic E-state index is 14.1. The number of nitrogens with two attached hydrogens (primary N) is 1. The first-order valence-electron chi connectivity index (χ1n) is 8.04. The van der Waals surface area contributed by atoms with Crippen LogP contribution in [0.4, 0.5) is 14.7 Å². The van der Waals surface area contributed by atoms with Crippen LogP contribution in [0.5, 0.6) is 0 Å². The van der Waals surface area contributed by atoms with Crippen molar-refractivity contribution in [1.29, 1.82) is 0 Å². The van der Waals surface area contributed by atoms with Crippen molar-refractivity contribution in [2.45, 2.75) is 6.92 Å². The number of fused-ring (bicyclic) bond motifs is 1. The third-order valence-corrected chi connectivity index (χ3v) is 4.28. The summed E-state index contributed by atoms with van der Waals surface area (Å²) in [7, 11) is 1.53. The van der Waals surface area contributed by atoms with E-state index in [1.54, 1.807) is 19.1 Å². The molecule has 0 saturated heterocycles. The van der Waals surface area contributed by atoms with Crippen molar-refractivity contribution in [2.24, 2.45) is 0 Å². The number of halogens is 2. The Morgan fingerprint density at radius 3 is 2.56 bits per heavy atom. The Morgan fingerprint density at radius 1 is 1.15 bits per heavy atom. The van der Waals surface area contributed by atoms with Gasteiger partial charge in [0.05, 0.1) is 11.3 Å². The van der Waals surface area contributed by atoms with E-state index in [0.717, 1.165) is 12.1 Å². The largest absolute Gasteiger partial charge is 0.460 e. The highest BCUT2D eigenvalue weighted by atomic mass is 19.1. The predicted octanol–water partition coefficient (Wildman–Crippen LogP) is 3.49. The van der Waals surface area contributed by atoms with Crippen molar-refractivity contribution >= 4 is 23.6 Å². The van der Waals surface area contributed by atoms with E-state index < -0.39 is 11.6 Å². The average Bonchev–Trinajstić information content (AvgIpc) is 3.14. The molecular weight excluding hydrogens is 354 g/mol. The molecule has 0 atom stereocenters. The van der Waals surface area contributed by atoms with Gasteiger partial charge in [0.2, 0.25) is 5.95 Å². The smallest absolute Gasteiger partial charge is 0.262 e. The molecule has 0 unspecified atom stereocenters. The average molecular weight is 368 g/mol. The summed E-state index contributed by atoms with van der Waals surface area (Å²) in [6, 6.07) is 6.63. The molecule has 0 spiro atoms. The van der Waals surface area contributed by atoms with Gasteiger partial charge in [-0.05, 0) is 37.3 Å². The molecule has 1 amide bonds. The van der Waals surface area contributed by atoms with Gasteiger partial charge in [-0.1, -0.05) is 0 Å². The topological polar surface area (TPSA) is 85.2 Å². The summed E-state index contributed by atoms with van der Waals surface area (Å²) >= 11 is 0. The SMILES string of the molecule is Cc1ccc(-c2nc(N)nc3c2C(=O)N(C)C3=Cc2ccc(F)cc2F)o1. The van der Waals surface area contributed by atoms with Gasteiger partial charge in [-0.25, -0.2) is 18.7 Å². The fraction of sp³-hybridized carbons (Fsp3) is 0.105. The van der Waals surface area contributed by atoms with Crippen molar-refractivity contribution in [1.82, 2.24) is 14.9 Å². The number of anilines is 1. The molecule has 4 rings (SSSR count). The molecule has 2 N–H and O–H groups in total. The van der Waals surface area contributed by atoms with Gasteiger partial charge in [-0.2, -0.15) is 0 Å². The summed E-state index contributed by atoms with van der Waals surface area (Å²) < 4.78 is 32.8. The van der Waals surface area contributed by atoms with Crippen molar-refractivity contribution in [3.8, 4) is 11.5 Å². The molecular formula is C19H14F2N4O2. The summed E-state index contributed by atoms with van der Waals surface area (Å²) in [5.41, 5.74) is 7.03. The van der Waals surface area contributed by atoms with Crippen LogP contribution in [0.3, 0.4) is 0 Å². The molecule has 2 aromatic heterocycles. The molecule has 0 bridgehead atoms. The minimum Gasteiger partial charge on any atom is -0.460 e. The van der Waals surface area contributed by atoms with Crippen LogP contribution >= 0.6 is 0 Å². The minimum absolute atomic E-state index is 0.0496. The second-order valence-corrected chi connectivity index (χ2v) is 6.12. The number of amides is 1. The van der Waals surface area contributed by atoms with Gasteiger partial charge in [-0.15, -0.1) is 0 Å². The second-order valence-electron chi connectivity index (χ2n) is 6.12. The number of nitrogen functional groups attached to an aromatic ring is 1. The summed E-state index contributed by atoms with van der Waals surface area (Å²) in [6.07, 6.45) is 1.42. The lowest BCUT2D eigenvalue weighted by atomic mass is 10.1. The molecule has 1 aromatic carbocycles. The second kappa shape index (κ2) is 6.01. The molecule has 3 aromatic rings. The van der Waals surface area contributed by atoms with Gasteiger partial charge >= 0.3 is 0 Å². The summed E-state index contributed by atoms with van der Waals surface area (Å²) in [5, 5.41) is 0. The number of carbonyl (C=O) groups excluding carboxylic acids is 1. The zero-order valence-electron chi connectivity index (χ0n) is 14.5. The Morgan fingerprint density at radius 2 is 1.89 bits per heavy atom. The maximum Gasteiger partial charge on any atom is 0.262 e. The molecule has 0 saturated carbocycles. The molecule has 3 heterocycles. The number of hydrogen-bond acceptors (Lipinski definition) is 5. The van der Waals surface area contributed by atoms with Crippen molar-refractivity contribution in [3.63, 3.8) is 0 Å². The number of furan rings is 1. The third-order valence-electron chi connectivity index (χ3n) is 4.28. The van der Waals surface area contributed by atoms with Gasteiger partial charge in [0.25, 0.3) is 5.91 Å². The van der Waals surface area contributed by atoms with E-state index in [9.17, 15) is 13.6 Å². The fourth-order valence-corrected chi connectivity index (χ4v) is 2.97. The first-order chi connectivity index (χ1) is 12.8. The molecule has 8 heteroatoms. The van der Waals surface area contributed by atoms with Crippen LogP contribution in [0.2, 0.25) is 0 Å². The van der Waals surface area contributed by atoms with E-state index in [0.29, 0.717) is 17.2 Å². The summed E-state index contributed by atoms with van der Waals surface area (Å²) in [5.74, 6) is -0.824.